The molecule has 0 saturated carbocycles. The van der Waals surface area contributed by atoms with Crippen molar-refractivity contribution in [3.63, 3.8) is 0 Å². The molecule has 2 aromatic carbocycles. The third-order valence-corrected chi connectivity index (χ3v) is 6.38. The van der Waals surface area contributed by atoms with Gasteiger partial charge in [-0.25, -0.2) is 0 Å². The Kier molecular flexibility index (Phi) is 7.85. The fraction of sp³-hybridized carbons (Fsp3) is 0.360. The summed E-state index contributed by atoms with van der Waals surface area (Å²) in [6.07, 6.45) is 1.83. The van der Waals surface area contributed by atoms with Crippen LogP contribution in [0.3, 0.4) is 0 Å². The molecule has 0 aromatic heterocycles. The van der Waals surface area contributed by atoms with Crippen LogP contribution in [0.5, 0.6) is 17.2 Å². The van der Waals surface area contributed by atoms with E-state index in [0.29, 0.717) is 40.5 Å². The van der Waals surface area contributed by atoms with Crippen LogP contribution in [0.15, 0.2) is 47.4 Å². The lowest BCUT2D eigenvalue weighted by atomic mass is 9.87. The normalized spacial score (nSPS) is 15.4. The summed E-state index contributed by atoms with van der Waals surface area (Å²) in [5, 5.41) is 0. The van der Waals surface area contributed by atoms with Crippen molar-refractivity contribution in [1.29, 1.82) is 0 Å². The van der Waals surface area contributed by atoms with E-state index < -0.39 is 0 Å². The van der Waals surface area contributed by atoms with E-state index in [0.717, 1.165) is 11.3 Å². The number of carbonyl (C=O) groups is 1. The van der Waals surface area contributed by atoms with Gasteiger partial charge < -0.3 is 14.2 Å². The van der Waals surface area contributed by atoms with Crippen molar-refractivity contribution in [2.75, 3.05) is 26.9 Å². The molecule has 1 heterocycles. The lowest BCUT2D eigenvalue weighted by Crippen LogP contribution is -2.27. The van der Waals surface area contributed by atoms with Crippen molar-refractivity contribution in [3.05, 3.63) is 58.5 Å². The molecule has 0 spiro atoms. The van der Waals surface area contributed by atoms with Gasteiger partial charge in [-0.2, -0.15) is 0 Å². The Balaban J connectivity index is 1.58. The number of likely N-dealkylation sites (N-methyl/N-ethyl adjacent to an activating group) is 1. The number of thiocarbonyl (C=S) groups is 1. The van der Waals surface area contributed by atoms with Crippen molar-refractivity contribution in [2.45, 2.75) is 33.1 Å². The molecule has 1 aliphatic heterocycles. The van der Waals surface area contributed by atoms with Crippen LogP contribution >= 0.6 is 24.0 Å². The fourth-order valence-electron chi connectivity index (χ4n) is 3.18. The van der Waals surface area contributed by atoms with E-state index in [4.69, 9.17) is 26.4 Å². The SMILES string of the molecule is CCN1C(=O)C(=Cc2ccc(OCCOc3ccc(C(C)(C)C)cc3)c(OC)c2)SC1=S. The molecule has 32 heavy (non-hydrogen) atoms. The molecule has 7 heteroatoms. The highest BCUT2D eigenvalue weighted by atomic mass is 32.2. The highest BCUT2D eigenvalue weighted by Gasteiger charge is 2.30. The van der Waals surface area contributed by atoms with Gasteiger partial charge in [-0.05, 0) is 53.8 Å². The van der Waals surface area contributed by atoms with Crippen LogP contribution in [0.4, 0.5) is 0 Å². The highest BCUT2D eigenvalue weighted by Crippen LogP contribution is 2.34. The maximum atomic E-state index is 12.4. The van der Waals surface area contributed by atoms with Crippen molar-refractivity contribution >= 4 is 40.3 Å². The first-order valence-corrected chi connectivity index (χ1v) is 11.7. The van der Waals surface area contributed by atoms with Crippen LogP contribution in [0.2, 0.25) is 0 Å². The molecule has 3 rings (SSSR count). The predicted molar refractivity (Wildman–Crippen MR) is 135 cm³/mol. The Morgan fingerprint density at radius 2 is 1.72 bits per heavy atom. The monoisotopic (exact) mass is 471 g/mol. The molecule has 1 amide bonds. The van der Waals surface area contributed by atoms with E-state index in [9.17, 15) is 4.79 Å². The average molecular weight is 472 g/mol. The molecule has 0 atom stereocenters. The second-order valence-corrected chi connectivity index (χ2v) is 9.98. The van der Waals surface area contributed by atoms with Crippen LogP contribution < -0.4 is 14.2 Å². The Labute approximate surface area is 199 Å². The predicted octanol–water partition coefficient (Wildman–Crippen LogP) is 5.67. The van der Waals surface area contributed by atoms with Crippen LogP contribution in [-0.2, 0) is 10.2 Å². The smallest absolute Gasteiger partial charge is 0.266 e. The van der Waals surface area contributed by atoms with Crippen molar-refractivity contribution in [3.8, 4) is 17.2 Å². The first kappa shape index (κ1) is 24.1. The molecule has 0 unspecified atom stereocenters. The minimum Gasteiger partial charge on any atom is -0.493 e. The lowest BCUT2D eigenvalue weighted by molar-refractivity contribution is -0.121. The largest absolute Gasteiger partial charge is 0.493 e. The van der Waals surface area contributed by atoms with Crippen LogP contribution in [0, 0.1) is 0 Å². The first-order valence-electron chi connectivity index (χ1n) is 10.5. The van der Waals surface area contributed by atoms with Crippen molar-refractivity contribution < 1.29 is 19.0 Å². The summed E-state index contributed by atoms with van der Waals surface area (Å²) < 4.78 is 17.7. The summed E-state index contributed by atoms with van der Waals surface area (Å²) >= 11 is 6.58. The zero-order valence-electron chi connectivity index (χ0n) is 19.1. The maximum Gasteiger partial charge on any atom is 0.266 e. The Bertz CT molecular complexity index is 1010. The van der Waals surface area contributed by atoms with E-state index in [2.05, 4.69) is 32.9 Å². The van der Waals surface area contributed by atoms with E-state index in [1.165, 1.54) is 17.3 Å². The molecular formula is C25H29NO4S2. The molecule has 0 bridgehead atoms. The molecule has 0 aliphatic carbocycles. The van der Waals surface area contributed by atoms with Gasteiger partial charge in [-0.1, -0.05) is 63.0 Å². The number of hydrogen-bond acceptors (Lipinski definition) is 6. The third-order valence-electron chi connectivity index (χ3n) is 5.01. The molecule has 1 fully saturated rings. The number of rotatable bonds is 8. The summed E-state index contributed by atoms with van der Waals surface area (Å²) in [4.78, 5) is 14.6. The number of hydrogen-bond donors (Lipinski definition) is 0. The molecule has 0 N–H and O–H groups in total. The Morgan fingerprint density at radius 1 is 1.03 bits per heavy atom. The molecular weight excluding hydrogens is 442 g/mol. The summed E-state index contributed by atoms with van der Waals surface area (Å²) in [7, 11) is 1.59. The van der Waals surface area contributed by atoms with Gasteiger partial charge in [0.15, 0.2) is 11.5 Å². The summed E-state index contributed by atoms with van der Waals surface area (Å²) in [6, 6.07) is 13.7. The second kappa shape index (κ2) is 10.4. The quantitative estimate of drug-likeness (QED) is 0.281. The summed E-state index contributed by atoms with van der Waals surface area (Å²) in [6.45, 7) is 9.83. The number of carbonyl (C=O) groups excluding carboxylic acids is 1. The number of ether oxygens (including phenoxy) is 3. The van der Waals surface area contributed by atoms with Crippen LogP contribution in [-0.4, -0.2) is 42.0 Å². The lowest BCUT2D eigenvalue weighted by Gasteiger charge is -2.19. The van der Waals surface area contributed by atoms with Crippen molar-refractivity contribution in [1.82, 2.24) is 4.90 Å². The Hall–Kier alpha value is -2.51. The van der Waals surface area contributed by atoms with Gasteiger partial charge in [-0.3, -0.25) is 9.69 Å². The summed E-state index contributed by atoms with van der Waals surface area (Å²) in [5.74, 6) is 1.97. The number of thioether (sulfide) groups is 1. The standard InChI is InChI=1S/C25H29NO4S2/c1-6-26-23(27)22(32-24(26)31)16-17-7-12-20(21(15-17)28-5)30-14-13-29-19-10-8-18(9-11-19)25(2,3)4/h7-12,15-16H,6,13-14H2,1-5H3. The van der Waals surface area contributed by atoms with E-state index >= 15 is 0 Å². The van der Waals surface area contributed by atoms with Crippen molar-refractivity contribution in [2.24, 2.45) is 0 Å². The average Bonchev–Trinajstić information content (AvgIpc) is 3.03. The van der Waals surface area contributed by atoms with Gasteiger partial charge >= 0.3 is 0 Å². The third kappa shape index (κ3) is 5.84. The molecule has 2 aromatic rings. The number of nitrogens with zero attached hydrogens (tertiary/aromatic N) is 1. The highest BCUT2D eigenvalue weighted by molar-refractivity contribution is 8.26. The molecule has 0 radical (unpaired) electrons. The molecule has 5 nitrogen and oxygen atoms in total. The summed E-state index contributed by atoms with van der Waals surface area (Å²) in [5.41, 5.74) is 2.23. The van der Waals surface area contributed by atoms with E-state index in [-0.39, 0.29) is 11.3 Å². The Morgan fingerprint density at radius 3 is 2.31 bits per heavy atom. The topological polar surface area (TPSA) is 48.0 Å². The zero-order chi connectivity index (χ0) is 23.3. The van der Waals surface area contributed by atoms with Gasteiger partial charge in [-0.15, -0.1) is 0 Å². The van der Waals surface area contributed by atoms with Gasteiger partial charge in [0.05, 0.1) is 12.0 Å². The van der Waals surface area contributed by atoms with E-state index in [1.54, 1.807) is 12.0 Å². The fourth-order valence-corrected chi connectivity index (χ4v) is 4.56. The molecule has 1 aliphatic rings. The van der Waals surface area contributed by atoms with Gasteiger partial charge in [0.1, 0.15) is 23.3 Å². The zero-order valence-corrected chi connectivity index (χ0v) is 20.8. The first-order chi connectivity index (χ1) is 15.2. The molecule has 170 valence electrons. The number of benzene rings is 2. The minimum atomic E-state index is -0.0607. The van der Waals surface area contributed by atoms with Gasteiger partial charge in [0.25, 0.3) is 5.91 Å². The van der Waals surface area contributed by atoms with Crippen LogP contribution in [0.1, 0.15) is 38.8 Å². The maximum absolute atomic E-state index is 12.4. The molecule has 1 saturated heterocycles. The minimum absolute atomic E-state index is 0.0607. The van der Waals surface area contributed by atoms with Gasteiger partial charge in [0.2, 0.25) is 0 Å². The van der Waals surface area contributed by atoms with Crippen LogP contribution in [0.25, 0.3) is 6.08 Å². The van der Waals surface area contributed by atoms with E-state index in [1.807, 2.05) is 43.3 Å². The number of amides is 1. The second-order valence-electron chi connectivity index (χ2n) is 8.31. The van der Waals surface area contributed by atoms with Gasteiger partial charge in [0, 0.05) is 6.54 Å². The number of methoxy groups -OCH3 is 1.